The molecule has 4 aliphatic rings. The Morgan fingerprint density at radius 2 is 1.59 bits per heavy atom. The predicted molar refractivity (Wildman–Crippen MR) is 132 cm³/mol. The molecular formula is C29H33NO4. The summed E-state index contributed by atoms with van der Waals surface area (Å²) in [5.74, 6) is 3.18. The van der Waals surface area contributed by atoms with E-state index in [-0.39, 0.29) is 17.2 Å². The lowest BCUT2D eigenvalue weighted by molar-refractivity contribution is -0.161. The van der Waals surface area contributed by atoms with Gasteiger partial charge in [0.1, 0.15) is 0 Å². The molecule has 0 aromatic heterocycles. The second-order valence-electron chi connectivity index (χ2n) is 10.3. The Kier molecular flexibility index (Phi) is 6.28. The molecule has 0 saturated heterocycles. The van der Waals surface area contributed by atoms with Crippen LogP contribution in [0.25, 0.3) is 0 Å². The minimum absolute atomic E-state index is 0.0734. The van der Waals surface area contributed by atoms with E-state index in [4.69, 9.17) is 9.47 Å². The summed E-state index contributed by atoms with van der Waals surface area (Å²) < 4.78 is 11.8. The second-order valence-corrected chi connectivity index (χ2v) is 10.3. The van der Waals surface area contributed by atoms with Crippen LogP contribution in [0.2, 0.25) is 0 Å². The number of hydrogen-bond acceptors (Lipinski definition) is 5. The van der Waals surface area contributed by atoms with E-state index in [1.807, 2.05) is 44.2 Å². The van der Waals surface area contributed by atoms with Crippen LogP contribution in [0.1, 0.15) is 74.7 Å². The fourth-order valence-electron chi connectivity index (χ4n) is 6.61. The maximum Gasteiger partial charge on any atom is 0.317 e. The highest BCUT2D eigenvalue weighted by Gasteiger charge is 2.55. The molecule has 0 aliphatic heterocycles. The first-order valence-electron chi connectivity index (χ1n) is 12.6. The van der Waals surface area contributed by atoms with Gasteiger partial charge in [0.15, 0.2) is 17.3 Å². The van der Waals surface area contributed by atoms with Crippen molar-refractivity contribution in [3.8, 4) is 11.5 Å². The summed E-state index contributed by atoms with van der Waals surface area (Å²) in [6.07, 6.45) is 9.07. The van der Waals surface area contributed by atoms with Crippen molar-refractivity contribution in [3.05, 3.63) is 53.6 Å². The number of Topliss-reactive ketones (excluding diaryl/α,β-unsaturated/α-hetero) is 1. The highest BCUT2D eigenvalue weighted by molar-refractivity contribution is 5.96. The van der Waals surface area contributed by atoms with Crippen LogP contribution in [0, 0.1) is 23.2 Å². The van der Waals surface area contributed by atoms with E-state index in [0.717, 1.165) is 30.5 Å². The predicted octanol–water partition coefficient (Wildman–Crippen LogP) is 6.55. The minimum atomic E-state index is -0.302. The van der Waals surface area contributed by atoms with Crippen LogP contribution in [0.15, 0.2) is 47.5 Å². The van der Waals surface area contributed by atoms with Crippen molar-refractivity contribution in [1.82, 2.24) is 0 Å². The Hall–Kier alpha value is -2.95. The molecule has 0 N–H and O–H groups in total. The lowest BCUT2D eigenvalue weighted by Crippen LogP contribution is -2.51. The number of rotatable bonds is 8. The van der Waals surface area contributed by atoms with Crippen molar-refractivity contribution in [3.63, 3.8) is 0 Å². The SMILES string of the molecule is CCOc1cc(C=Nc2ccc(C(=O)CC)cc2)ccc1OC(=O)C12CC3CC(CC(C3)C1)C2. The summed E-state index contributed by atoms with van der Waals surface area (Å²) in [6, 6.07) is 12.9. The molecule has 5 heteroatoms. The van der Waals surface area contributed by atoms with E-state index >= 15 is 0 Å². The van der Waals surface area contributed by atoms with Crippen molar-refractivity contribution in [1.29, 1.82) is 0 Å². The van der Waals surface area contributed by atoms with E-state index in [1.165, 1.54) is 19.3 Å². The van der Waals surface area contributed by atoms with E-state index in [1.54, 1.807) is 18.3 Å². The van der Waals surface area contributed by atoms with E-state index in [0.29, 0.717) is 47.8 Å². The first-order valence-corrected chi connectivity index (χ1v) is 12.6. The van der Waals surface area contributed by atoms with Gasteiger partial charge in [-0.25, -0.2) is 0 Å². The summed E-state index contributed by atoms with van der Waals surface area (Å²) in [6.45, 7) is 4.26. The van der Waals surface area contributed by atoms with E-state index in [2.05, 4.69) is 4.99 Å². The lowest BCUT2D eigenvalue weighted by Gasteiger charge is -2.55. The number of carbonyl (C=O) groups is 2. The summed E-state index contributed by atoms with van der Waals surface area (Å²) in [5, 5.41) is 0. The molecule has 34 heavy (non-hydrogen) atoms. The van der Waals surface area contributed by atoms with Gasteiger partial charge in [0.05, 0.1) is 17.7 Å². The molecule has 2 aromatic rings. The average Bonchev–Trinajstić information content (AvgIpc) is 2.83. The first-order chi connectivity index (χ1) is 16.5. The zero-order chi connectivity index (χ0) is 23.7. The van der Waals surface area contributed by atoms with Crippen molar-refractivity contribution in [2.24, 2.45) is 28.2 Å². The van der Waals surface area contributed by atoms with Gasteiger partial charge in [0, 0.05) is 18.2 Å². The summed E-state index contributed by atoms with van der Waals surface area (Å²) in [7, 11) is 0. The third-order valence-electron chi connectivity index (χ3n) is 7.81. The van der Waals surface area contributed by atoms with Gasteiger partial charge < -0.3 is 9.47 Å². The van der Waals surface area contributed by atoms with Gasteiger partial charge >= 0.3 is 5.97 Å². The number of hydrogen-bond donors (Lipinski definition) is 0. The minimum Gasteiger partial charge on any atom is -0.490 e. The molecule has 4 saturated carbocycles. The number of aliphatic imine (C=N–C) groups is 1. The average molecular weight is 460 g/mol. The standard InChI is InChI=1S/C29H33NO4/c1-3-25(31)23-6-8-24(9-7-23)30-18-19-5-10-26(27(14-19)33-4-2)34-28(32)29-15-20-11-21(16-29)13-22(12-20)17-29/h5-10,14,18,20-22H,3-4,11-13,15-17H2,1-2H3. The fourth-order valence-corrected chi connectivity index (χ4v) is 6.61. The van der Waals surface area contributed by atoms with Crippen LogP contribution < -0.4 is 9.47 Å². The number of esters is 1. The molecule has 6 rings (SSSR count). The Morgan fingerprint density at radius 3 is 2.18 bits per heavy atom. The van der Waals surface area contributed by atoms with Crippen LogP contribution in [-0.4, -0.2) is 24.6 Å². The first kappa shape index (κ1) is 22.8. The molecule has 5 nitrogen and oxygen atoms in total. The summed E-state index contributed by atoms with van der Waals surface area (Å²) in [5.41, 5.74) is 2.02. The molecule has 4 aliphatic carbocycles. The molecular weight excluding hydrogens is 426 g/mol. The smallest absolute Gasteiger partial charge is 0.317 e. The summed E-state index contributed by atoms with van der Waals surface area (Å²) >= 11 is 0. The zero-order valence-corrected chi connectivity index (χ0v) is 20.1. The number of carbonyl (C=O) groups excluding carboxylic acids is 2. The van der Waals surface area contributed by atoms with Crippen molar-refractivity contribution in [2.75, 3.05) is 6.61 Å². The molecule has 2 aromatic carbocycles. The topological polar surface area (TPSA) is 65.0 Å². The molecule has 4 fully saturated rings. The highest BCUT2D eigenvalue weighted by atomic mass is 16.6. The van der Waals surface area contributed by atoms with Gasteiger partial charge in [-0.3, -0.25) is 14.6 Å². The second kappa shape index (κ2) is 9.36. The fraction of sp³-hybridized carbons (Fsp3) is 0.483. The number of nitrogens with zero attached hydrogens (tertiary/aromatic N) is 1. The Morgan fingerprint density at radius 1 is 0.941 bits per heavy atom. The van der Waals surface area contributed by atoms with Crippen LogP contribution in [0.5, 0.6) is 11.5 Å². The number of ether oxygens (including phenoxy) is 2. The maximum absolute atomic E-state index is 13.4. The van der Waals surface area contributed by atoms with Crippen LogP contribution >= 0.6 is 0 Å². The van der Waals surface area contributed by atoms with E-state index < -0.39 is 0 Å². The van der Waals surface area contributed by atoms with Gasteiger partial charge in [-0.15, -0.1) is 0 Å². The molecule has 0 radical (unpaired) electrons. The number of benzene rings is 2. The highest BCUT2D eigenvalue weighted by Crippen LogP contribution is 2.60. The Bertz CT molecular complexity index is 1070. The van der Waals surface area contributed by atoms with Gasteiger partial charge in [-0.1, -0.05) is 6.92 Å². The zero-order valence-electron chi connectivity index (χ0n) is 20.1. The lowest BCUT2D eigenvalue weighted by atomic mass is 9.49. The van der Waals surface area contributed by atoms with Gasteiger partial charge in [-0.2, -0.15) is 0 Å². The normalized spacial score (nSPS) is 27.2. The number of ketones is 1. The monoisotopic (exact) mass is 459 g/mol. The van der Waals surface area contributed by atoms with Crippen molar-refractivity contribution >= 4 is 23.7 Å². The Balaban J connectivity index is 1.31. The van der Waals surface area contributed by atoms with Gasteiger partial charge in [-0.05, 0) is 111 Å². The van der Waals surface area contributed by atoms with Crippen LogP contribution in [-0.2, 0) is 4.79 Å². The van der Waals surface area contributed by atoms with Crippen LogP contribution in [0.3, 0.4) is 0 Å². The Labute approximate surface area is 201 Å². The van der Waals surface area contributed by atoms with Gasteiger partial charge in [0.25, 0.3) is 0 Å². The third-order valence-corrected chi connectivity index (χ3v) is 7.81. The molecule has 0 heterocycles. The van der Waals surface area contributed by atoms with Gasteiger partial charge in [0.2, 0.25) is 0 Å². The van der Waals surface area contributed by atoms with Crippen molar-refractivity contribution < 1.29 is 19.1 Å². The van der Waals surface area contributed by atoms with Crippen LogP contribution in [0.4, 0.5) is 5.69 Å². The molecule has 0 amide bonds. The molecule has 4 bridgehead atoms. The molecule has 178 valence electrons. The third kappa shape index (κ3) is 4.53. The maximum atomic E-state index is 13.4. The quantitative estimate of drug-likeness (QED) is 0.194. The summed E-state index contributed by atoms with van der Waals surface area (Å²) in [4.78, 5) is 29.7. The molecule has 0 spiro atoms. The van der Waals surface area contributed by atoms with Crippen molar-refractivity contribution in [2.45, 2.75) is 58.8 Å². The molecule has 0 atom stereocenters. The van der Waals surface area contributed by atoms with E-state index in [9.17, 15) is 9.59 Å². The molecule has 0 unspecified atom stereocenters. The largest absolute Gasteiger partial charge is 0.490 e.